The summed E-state index contributed by atoms with van der Waals surface area (Å²) in [6, 6.07) is 13.2. The van der Waals surface area contributed by atoms with Gasteiger partial charge in [0.25, 0.3) is 5.22 Å². The third-order valence-electron chi connectivity index (χ3n) is 4.82. The number of hydrogen-bond acceptors (Lipinski definition) is 6. The first-order chi connectivity index (χ1) is 13.9. The highest BCUT2D eigenvalue weighted by atomic mass is 32.2. The van der Waals surface area contributed by atoms with Crippen molar-refractivity contribution in [2.24, 2.45) is 0 Å². The molecule has 8 heteroatoms. The first-order valence-corrected chi connectivity index (χ1v) is 10.1. The number of benzene rings is 2. The van der Waals surface area contributed by atoms with E-state index >= 15 is 0 Å². The van der Waals surface area contributed by atoms with Crippen LogP contribution in [0, 0.1) is 13.8 Å². The molecule has 0 unspecified atom stereocenters. The van der Waals surface area contributed by atoms with Crippen molar-refractivity contribution in [3.8, 4) is 11.5 Å². The number of thioether (sulfide) groups is 1. The minimum absolute atomic E-state index is 0.0154. The molecular formula is C21H20N4O3S. The number of carbonyl (C=O) groups excluding carboxylic acids is 2. The Hall–Kier alpha value is -3.13. The van der Waals surface area contributed by atoms with Crippen molar-refractivity contribution in [3.05, 3.63) is 53.6 Å². The average Bonchev–Trinajstić information content (AvgIpc) is 3.17. The number of nitrogens with zero attached hydrogens (tertiary/aromatic N) is 3. The number of amides is 2. The van der Waals surface area contributed by atoms with E-state index in [1.54, 1.807) is 13.0 Å². The van der Waals surface area contributed by atoms with Crippen molar-refractivity contribution in [3.63, 3.8) is 0 Å². The van der Waals surface area contributed by atoms with Gasteiger partial charge in [-0.3, -0.25) is 14.5 Å². The summed E-state index contributed by atoms with van der Waals surface area (Å²) in [7, 11) is 0. The van der Waals surface area contributed by atoms with Gasteiger partial charge in [0.1, 0.15) is 6.54 Å². The number of aryl methyl sites for hydroxylation is 2. The van der Waals surface area contributed by atoms with Crippen LogP contribution in [0.3, 0.4) is 0 Å². The highest BCUT2D eigenvalue weighted by Gasteiger charge is 2.31. The molecule has 0 fully saturated rings. The van der Waals surface area contributed by atoms with Crippen molar-refractivity contribution < 1.29 is 14.0 Å². The molecule has 2 heterocycles. The number of para-hydroxylation sites is 2. The van der Waals surface area contributed by atoms with E-state index in [4.69, 9.17) is 4.42 Å². The van der Waals surface area contributed by atoms with Gasteiger partial charge in [-0.15, -0.1) is 10.2 Å². The molecule has 0 bridgehead atoms. The summed E-state index contributed by atoms with van der Waals surface area (Å²) in [4.78, 5) is 26.5. The van der Waals surface area contributed by atoms with E-state index in [2.05, 4.69) is 15.5 Å². The maximum Gasteiger partial charge on any atom is 0.277 e. The maximum atomic E-state index is 13.0. The summed E-state index contributed by atoms with van der Waals surface area (Å²) < 4.78 is 5.75. The Morgan fingerprint density at radius 2 is 1.97 bits per heavy atom. The van der Waals surface area contributed by atoms with Crippen LogP contribution in [0.2, 0.25) is 0 Å². The second-order valence-electron chi connectivity index (χ2n) is 6.92. The second kappa shape index (κ2) is 7.71. The number of aromatic nitrogens is 2. The fraction of sp³-hybridized carbons (Fsp3) is 0.238. The van der Waals surface area contributed by atoms with Crippen molar-refractivity contribution in [1.29, 1.82) is 0 Å². The lowest BCUT2D eigenvalue weighted by molar-refractivity contribution is -0.121. The lowest BCUT2D eigenvalue weighted by Gasteiger charge is -2.30. The highest BCUT2D eigenvalue weighted by Crippen LogP contribution is 2.32. The molecule has 29 heavy (non-hydrogen) atoms. The Labute approximate surface area is 172 Å². The van der Waals surface area contributed by atoms with E-state index in [-0.39, 0.29) is 18.4 Å². The Balaban J connectivity index is 1.51. The van der Waals surface area contributed by atoms with Gasteiger partial charge in [-0.1, -0.05) is 30.0 Å². The number of hydrogen-bond donors (Lipinski definition) is 1. The van der Waals surface area contributed by atoms with Gasteiger partial charge in [-0.25, -0.2) is 0 Å². The Kier molecular flexibility index (Phi) is 5.10. The number of rotatable bonds is 4. The van der Waals surface area contributed by atoms with E-state index in [0.29, 0.717) is 22.5 Å². The number of nitrogens with one attached hydrogen (secondary N) is 1. The van der Waals surface area contributed by atoms with Crippen LogP contribution in [0.4, 0.5) is 11.4 Å². The zero-order chi connectivity index (χ0) is 20.5. The van der Waals surface area contributed by atoms with Crippen LogP contribution in [0.15, 0.2) is 52.1 Å². The van der Waals surface area contributed by atoms with Crippen LogP contribution in [0.25, 0.3) is 11.5 Å². The number of carbonyl (C=O) groups is 2. The zero-order valence-corrected chi connectivity index (χ0v) is 17.1. The fourth-order valence-electron chi connectivity index (χ4n) is 3.10. The molecule has 148 valence electrons. The molecule has 1 aliphatic heterocycles. The largest absolute Gasteiger partial charge is 0.411 e. The summed E-state index contributed by atoms with van der Waals surface area (Å²) >= 11 is 1.18. The van der Waals surface area contributed by atoms with E-state index in [0.717, 1.165) is 11.1 Å². The van der Waals surface area contributed by atoms with Crippen LogP contribution in [-0.2, 0) is 9.59 Å². The van der Waals surface area contributed by atoms with E-state index in [9.17, 15) is 9.59 Å². The topological polar surface area (TPSA) is 88.3 Å². The van der Waals surface area contributed by atoms with Gasteiger partial charge < -0.3 is 9.73 Å². The molecule has 0 saturated carbocycles. The first kappa shape index (κ1) is 19.2. The molecule has 0 saturated heterocycles. The summed E-state index contributed by atoms with van der Waals surface area (Å²) in [5.41, 5.74) is 4.48. The minimum Gasteiger partial charge on any atom is -0.411 e. The van der Waals surface area contributed by atoms with Gasteiger partial charge in [-0.2, -0.15) is 0 Å². The highest BCUT2D eigenvalue weighted by molar-refractivity contribution is 8.00. The van der Waals surface area contributed by atoms with Gasteiger partial charge in [0.2, 0.25) is 17.7 Å². The molecule has 3 aromatic rings. The summed E-state index contributed by atoms with van der Waals surface area (Å²) in [5, 5.41) is 10.8. The van der Waals surface area contributed by atoms with E-state index in [1.807, 2.05) is 50.2 Å². The predicted octanol–water partition coefficient (Wildman–Crippen LogP) is 3.82. The summed E-state index contributed by atoms with van der Waals surface area (Å²) in [6.07, 6.45) is 0. The Bertz CT molecular complexity index is 1100. The quantitative estimate of drug-likeness (QED) is 0.660. The SMILES string of the molecule is Cc1ccc(-c2nnc(S[C@@H](C)C(=O)N3CC(=O)Nc4ccccc43)o2)cc1C. The van der Waals surface area contributed by atoms with Gasteiger partial charge in [0.15, 0.2) is 0 Å². The molecule has 0 spiro atoms. The molecule has 4 rings (SSSR count). The molecule has 1 N–H and O–H groups in total. The molecule has 0 radical (unpaired) electrons. The fourth-order valence-corrected chi connectivity index (χ4v) is 3.84. The lowest BCUT2D eigenvalue weighted by atomic mass is 10.1. The summed E-state index contributed by atoms with van der Waals surface area (Å²) in [6.45, 7) is 5.82. The first-order valence-electron chi connectivity index (χ1n) is 9.20. The maximum absolute atomic E-state index is 13.0. The van der Waals surface area contributed by atoms with Crippen LogP contribution in [0.5, 0.6) is 0 Å². The van der Waals surface area contributed by atoms with Crippen LogP contribution in [-0.4, -0.2) is 33.8 Å². The van der Waals surface area contributed by atoms with Crippen LogP contribution < -0.4 is 10.2 Å². The number of fused-ring (bicyclic) bond motifs is 1. The molecular weight excluding hydrogens is 388 g/mol. The molecule has 1 aliphatic rings. The van der Waals surface area contributed by atoms with Gasteiger partial charge >= 0.3 is 0 Å². The van der Waals surface area contributed by atoms with Gasteiger partial charge in [0.05, 0.1) is 16.6 Å². The summed E-state index contributed by atoms with van der Waals surface area (Å²) in [5.74, 6) is 0.00485. The molecule has 1 aromatic heterocycles. The van der Waals surface area contributed by atoms with E-state index < -0.39 is 5.25 Å². The second-order valence-corrected chi connectivity index (χ2v) is 8.21. The Morgan fingerprint density at radius 1 is 1.17 bits per heavy atom. The van der Waals surface area contributed by atoms with E-state index in [1.165, 1.54) is 22.2 Å². The van der Waals surface area contributed by atoms with Crippen molar-refractivity contribution in [1.82, 2.24) is 10.2 Å². The third kappa shape index (κ3) is 3.88. The van der Waals surface area contributed by atoms with Crippen molar-refractivity contribution in [2.75, 3.05) is 16.8 Å². The monoisotopic (exact) mass is 408 g/mol. The average molecular weight is 408 g/mol. The lowest BCUT2D eigenvalue weighted by Crippen LogP contribution is -2.45. The van der Waals surface area contributed by atoms with Crippen LogP contribution >= 0.6 is 11.8 Å². The standard InChI is InChI=1S/C21H20N4O3S/c1-12-8-9-15(10-13(12)2)19-23-24-21(28-19)29-14(3)20(27)25-11-18(26)22-16-6-4-5-7-17(16)25/h4-10,14H,11H2,1-3H3,(H,22,26)/t14-/m0/s1. The van der Waals surface area contributed by atoms with Crippen molar-refractivity contribution in [2.45, 2.75) is 31.2 Å². The predicted molar refractivity (Wildman–Crippen MR) is 112 cm³/mol. The molecule has 0 aliphatic carbocycles. The van der Waals surface area contributed by atoms with Crippen LogP contribution in [0.1, 0.15) is 18.1 Å². The minimum atomic E-state index is -0.498. The Morgan fingerprint density at radius 3 is 2.76 bits per heavy atom. The van der Waals surface area contributed by atoms with Gasteiger partial charge in [0, 0.05) is 5.56 Å². The zero-order valence-electron chi connectivity index (χ0n) is 16.3. The molecule has 7 nitrogen and oxygen atoms in total. The van der Waals surface area contributed by atoms with Crippen molar-refractivity contribution >= 4 is 35.0 Å². The molecule has 2 aromatic carbocycles. The normalized spacial score (nSPS) is 14.3. The molecule has 1 atom stereocenters. The molecule has 2 amide bonds. The smallest absolute Gasteiger partial charge is 0.277 e. The number of anilines is 2. The third-order valence-corrected chi connectivity index (χ3v) is 5.74. The van der Waals surface area contributed by atoms with Gasteiger partial charge in [-0.05, 0) is 56.2 Å².